The number of carbonyl (C=O) groups is 3. The predicted molar refractivity (Wildman–Crippen MR) is 160 cm³/mol. The minimum Gasteiger partial charge on any atom is -0.352 e. The monoisotopic (exact) mass is 552 g/mol. The van der Waals surface area contributed by atoms with Gasteiger partial charge in [0.2, 0.25) is 5.91 Å². The third-order valence-corrected chi connectivity index (χ3v) is 8.90. The topological polar surface area (TPSA) is 66.5 Å². The minimum absolute atomic E-state index is 0.0799. The van der Waals surface area contributed by atoms with E-state index in [0.29, 0.717) is 16.3 Å². The van der Waals surface area contributed by atoms with Crippen LogP contribution in [0.2, 0.25) is 5.02 Å². The second-order valence-electron chi connectivity index (χ2n) is 12.1. The number of aryl methyl sites for hydroxylation is 1. The second-order valence-corrected chi connectivity index (χ2v) is 12.6. The number of nitrogens with one attached hydrogen (secondary N) is 1. The van der Waals surface area contributed by atoms with Gasteiger partial charge < -0.3 is 10.2 Å². The molecule has 6 rings (SSSR count). The Morgan fingerprint density at radius 2 is 1.75 bits per heavy atom. The SMILES string of the molecule is CCCc1ccc(C(=O)[C@@H]2[C@H](C(=O)C(C)(C)C)N3c4ccc(Cl)cc4C=C[C@@H]3[C@]23C(=O)Nc2ccccc23)cc1. The smallest absolute Gasteiger partial charge is 0.238 e. The number of para-hydroxylation sites is 1. The zero-order chi connectivity index (χ0) is 28.4. The van der Waals surface area contributed by atoms with Crippen molar-refractivity contribution in [2.45, 2.75) is 58.0 Å². The first kappa shape index (κ1) is 26.5. The first-order valence-electron chi connectivity index (χ1n) is 13.9. The fraction of sp³-hybridized carbons (Fsp3) is 0.324. The van der Waals surface area contributed by atoms with Crippen molar-refractivity contribution in [3.63, 3.8) is 0 Å². The molecule has 5 nitrogen and oxygen atoms in total. The van der Waals surface area contributed by atoms with Gasteiger partial charge in [-0.15, -0.1) is 0 Å². The van der Waals surface area contributed by atoms with Crippen LogP contribution in [0.15, 0.2) is 72.8 Å². The van der Waals surface area contributed by atoms with Gasteiger partial charge in [-0.2, -0.15) is 0 Å². The molecule has 0 saturated carbocycles. The van der Waals surface area contributed by atoms with E-state index in [1.165, 1.54) is 0 Å². The van der Waals surface area contributed by atoms with E-state index < -0.39 is 28.8 Å². The van der Waals surface area contributed by atoms with E-state index in [2.05, 4.69) is 12.2 Å². The third-order valence-electron chi connectivity index (χ3n) is 8.66. The number of Topliss-reactive ketones (excluding diaryl/α,β-unsaturated/α-hetero) is 2. The highest BCUT2D eigenvalue weighted by molar-refractivity contribution is 6.31. The summed E-state index contributed by atoms with van der Waals surface area (Å²) in [6, 6.07) is 19.4. The Morgan fingerprint density at radius 1 is 1.02 bits per heavy atom. The molecule has 3 aromatic carbocycles. The predicted octanol–water partition coefficient (Wildman–Crippen LogP) is 6.88. The van der Waals surface area contributed by atoms with Gasteiger partial charge in [0.25, 0.3) is 0 Å². The highest BCUT2D eigenvalue weighted by Gasteiger charge is 2.70. The molecule has 0 unspecified atom stereocenters. The Bertz CT molecular complexity index is 1570. The van der Waals surface area contributed by atoms with Gasteiger partial charge in [-0.1, -0.05) is 100 Å². The van der Waals surface area contributed by atoms with Crippen LogP contribution in [0.25, 0.3) is 6.08 Å². The minimum atomic E-state index is -1.30. The quantitative estimate of drug-likeness (QED) is 0.350. The van der Waals surface area contributed by atoms with Crippen molar-refractivity contribution in [1.82, 2.24) is 0 Å². The molecule has 3 heterocycles. The van der Waals surface area contributed by atoms with Crippen molar-refractivity contribution < 1.29 is 14.4 Å². The summed E-state index contributed by atoms with van der Waals surface area (Å²) in [5.74, 6) is -1.48. The van der Waals surface area contributed by atoms with Crippen LogP contribution >= 0.6 is 11.6 Å². The maximum Gasteiger partial charge on any atom is 0.238 e. The van der Waals surface area contributed by atoms with Crippen molar-refractivity contribution in [3.05, 3.63) is 100 Å². The molecule has 40 heavy (non-hydrogen) atoms. The lowest BCUT2D eigenvalue weighted by atomic mass is 9.63. The number of hydrogen-bond acceptors (Lipinski definition) is 4. The first-order valence-corrected chi connectivity index (χ1v) is 14.3. The van der Waals surface area contributed by atoms with E-state index >= 15 is 0 Å². The molecule has 3 aliphatic rings. The normalized spacial score (nSPS) is 24.5. The van der Waals surface area contributed by atoms with E-state index in [0.717, 1.165) is 35.2 Å². The standard InChI is InChI=1S/C34H33ClN2O3/c1-5-8-20-11-13-21(14-12-20)30(38)28-29(31(39)33(2,3)4)37-26-17-16-23(35)19-22(26)15-18-27(37)34(28)24-9-6-7-10-25(24)36-32(34)40/h6-7,9-19,27-29H,5,8H2,1-4H3,(H,36,40)/t27-,28+,29-,34+/m1/s1. The number of rotatable bonds is 5. The summed E-state index contributed by atoms with van der Waals surface area (Å²) in [6.45, 7) is 7.75. The maximum absolute atomic E-state index is 14.8. The van der Waals surface area contributed by atoms with Crippen molar-refractivity contribution >= 4 is 46.5 Å². The van der Waals surface area contributed by atoms with Crippen LogP contribution in [0.5, 0.6) is 0 Å². The highest BCUT2D eigenvalue weighted by atomic mass is 35.5. The summed E-state index contributed by atoms with van der Waals surface area (Å²) in [5, 5.41) is 3.65. The van der Waals surface area contributed by atoms with Crippen molar-refractivity contribution in [1.29, 1.82) is 0 Å². The lowest BCUT2D eigenvalue weighted by molar-refractivity contribution is -0.128. The van der Waals surface area contributed by atoms with Crippen LogP contribution in [0.3, 0.4) is 0 Å². The van der Waals surface area contributed by atoms with Gasteiger partial charge >= 0.3 is 0 Å². The van der Waals surface area contributed by atoms with Gasteiger partial charge in [0.1, 0.15) is 11.5 Å². The Balaban J connectivity index is 1.64. The van der Waals surface area contributed by atoms with E-state index in [1.54, 1.807) is 6.07 Å². The summed E-state index contributed by atoms with van der Waals surface area (Å²) in [4.78, 5) is 45.6. The molecule has 4 atom stereocenters. The van der Waals surface area contributed by atoms with Gasteiger partial charge in [-0.25, -0.2) is 0 Å². The average Bonchev–Trinajstić information content (AvgIpc) is 3.40. The van der Waals surface area contributed by atoms with E-state index in [-0.39, 0.29) is 17.5 Å². The summed E-state index contributed by atoms with van der Waals surface area (Å²) in [7, 11) is 0. The molecule has 0 aliphatic carbocycles. The van der Waals surface area contributed by atoms with Crippen molar-refractivity contribution in [2.24, 2.45) is 11.3 Å². The number of halogens is 1. The van der Waals surface area contributed by atoms with Gasteiger partial charge in [0.15, 0.2) is 11.6 Å². The summed E-state index contributed by atoms with van der Waals surface area (Å²) in [5.41, 5.74) is 2.69. The number of nitrogens with zero attached hydrogens (tertiary/aromatic N) is 1. The molecule has 1 amide bonds. The van der Waals surface area contributed by atoms with Crippen molar-refractivity contribution in [2.75, 3.05) is 10.2 Å². The zero-order valence-corrected chi connectivity index (χ0v) is 24.0. The fourth-order valence-corrected chi connectivity index (χ4v) is 7.08. The number of ketones is 2. The highest BCUT2D eigenvalue weighted by Crippen LogP contribution is 2.58. The molecule has 0 radical (unpaired) electrons. The third kappa shape index (κ3) is 3.78. The molecule has 1 saturated heterocycles. The largest absolute Gasteiger partial charge is 0.352 e. The summed E-state index contributed by atoms with van der Waals surface area (Å²) >= 11 is 6.36. The molecular weight excluding hydrogens is 520 g/mol. The molecule has 1 spiro atoms. The summed E-state index contributed by atoms with van der Waals surface area (Å²) in [6.07, 6.45) is 5.86. The zero-order valence-electron chi connectivity index (χ0n) is 23.2. The number of amides is 1. The van der Waals surface area contributed by atoms with Crippen LogP contribution in [0.4, 0.5) is 11.4 Å². The number of anilines is 2. The van der Waals surface area contributed by atoms with Crippen LogP contribution in [-0.2, 0) is 21.4 Å². The van der Waals surface area contributed by atoms with Crippen LogP contribution in [-0.4, -0.2) is 29.6 Å². The Hall–Kier alpha value is -3.70. The van der Waals surface area contributed by atoms with Crippen molar-refractivity contribution in [3.8, 4) is 0 Å². The Labute approximate surface area is 240 Å². The summed E-state index contributed by atoms with van der Waals surface area (Å²) < 4.78 is 0. The molecule has 1 fully saturated rings. The van der Waals surface area contributed by atoms with Crippen LogP contribution in [0.1, 0.15) is 61.2 Å². The molecule has 0 bridgehead atoms. The van der Waals surface area contributed by atoms with Gasteiger partial charge in [-0.3, -0.25) is 14.4 Å². The van der Waals surface area contributed by atoms with Gasteiger partial charge in [0.05, 0.1) is 12.0 Å². The van der Waals surface area contributed by atoms with Crippen LogP contribution in [0, 0.1) is 11.3 Å². The molecule has 3 aromatic rings. The molecule has 6 heteroatoms. The lowest BCUT2D eigenvalue weighted by Crippen LogP contribution is -2.51. The van der Waals surface area contributed by atoms with Gasteiger partial charge in [0, 0.05) is 27.4 Å². The van der Waals surface area contributed by atoms with E-state index in [9.17, 15) is 14.4 Å². The second kappa shape index (κ2) is 9.45. The Kier molecular flexibility index (Phi) is 6.26. The number of fused-ring (bicyclic) bond motifs is 6. The number of benzene rings is 3. The van der Waals surface area contributed by atoms with E-state index in [4.69, 9.17) is 11.6 Å². The molecule has 0 aromatic heterocycles. The maximum atomic E-state index is 14.8. The number of hydrogen-bond donors (Lipinski definition) is 1. The lowest BCUT2D eigenvalue weighted by Gasteiger charge is -2.38. The molecule has 1 N–H and O–H groups in total. The van der Waals surface area contributed by atoms with Crippen LogP contribution < -0.4 is 10.2 Å². The Morgan fingerprint density at radius 3 is 2.45 bits per heavy atom. The molecule has 3 aliphatic heterocycles. The number of carbonyl (C=O) groups excluding carboxylic acids is 3. The molecular formula is C34H33ClN2O3. The first-order chi connectivity index (χ1) is 19.1. The van der Waals surface area contributed by atoms with E-state index in [1.807, 2.05) is 98.5 Å². The average molecular weight is 553 g/mol. The fourth-order valence-electron chi connectivity index (χ4n) is 6.90. The molecule has 204 valence electrons. The van der Waals surface area contributed by atoms with Gasteiger partial charge in [-0.05, 0) is 47.4 Å².